The highest BCUT2D eigenvalue weighted by molar-refractivity contribution is 5.89. The molecule has 3 heterocycles. The van der Waals surface area contributed by atoms with E-state index in [-0.39, 0.29) is 5.56 Å². The second-order valence-corrected chi connectivity index (χ2v) is 6.36. The summed E-state index contributed by atoms with van der Waals surface area (Å²) in [5, 5.41) is 9.78. The Kier molecular flexibility index (Phi) is 3.98. The summed E-state index contributed by atoms with van der Waals surface area (Å²) in [6.45, 7) is 2.34. The molecule has 3 aromatic rings. The van der Waals surface area contributed by atoms with Crippen molar-refractivity contribution < 1.29 is 0 Å². The minimum absolute atomic E-state index is 0.208. The van der Waals surface area contributed by atoms with E-state index in [0.29, 0.717) is 23.1 Å². The number of anilines is 1. The molecule has 1 aromatic carbocycles. The Morgan fingerprint density at radius 1 is 1.16 bits per heavy atom. The summed E-state index contributed by atoms with van der Waals surface area (Å²) in [4.78, 5) is 21.7. The topological polar surface area (TPSA) is 77.7 Å². The number of fused-ring (bicyclic) bond motifs is 1. The number of nitriles is 1. The molecule has 0 amide bonds. The molecule has 2 aromatic heterocycles. The van der Waals surface area contributed by atoms with E-state index in [0.717, 1.165) is 37.3 Å². The number of aromatic amines is 1. The zero-order chi connectivity index (χ0) is 17.2. The largest absolute Gasteiger partial charge is 0.357 e. The third kappa shape index (κ3) is 2.68. The Balaban J connectivity index is 1.97. The van der Waals surface area contributed by atoms with Crippen LogP contribution in [0.2, 0.25) is 0 Å². The van der Waals surface area contributed by atoms with Crippen LogP contribution in [0.25, 0.3) is 11.0 Å². The number of H-pyrrole nitrogens is 1. The second-order valence-electron chi connectivity index (χ2n) is 6.36. The number of nitrogens with zero attached hydrogens (tertiary/aromatic N) is 4. The van der Waals surface area contributed by atoms with Crippen LogP contribution in [0.3, 0.4) is 0 Å². The summed E-state index contributed by atoms with van der Waals surface area (Å²) < 4.78 is 1.96. The predicted molar refractivity (Wildman–Crippen MR) is 96.7 cm³/mol. The van der Waals surface area contributed by atoms with Gasteiger partial charge in [-0.25, -0.2) is 4.98 Å². The number of rotatable bonds is 3. The molecule has 25 heavy (non-hydrogen) atoms. The molecule has 1 aliphatic rings. The summed E-state index contributed by atoms with van der Waals surface area (Å²) in [6.07, 6.45) is 4.78. The maximum atomic E-state index is 12.5. The van der Waals surface area contributed by atoms with Gasteiger partial charge in [-0.2, -0.15) is 5.26 Å². The van der Waals surface area contributed by atoms with Crippen molar-refractivity contribution in [2.24, 2.45) is 0 Å². The lowest BCUT2D eigenvalue weighted by Crippen LogP contribution is -2.32. The quantitative estimate of drug-likeness (QED) is 0.799. The molecule has 0 bridgehead atoms. The molecule has 0 spiro atoms. The molecule has 6 nitrogen and oxygen atoms in total. The fourth-order valence-electron chi connectivity index (χ4n) is 3.63. The molecule has 0 radical (unpaired) electrons. The number of nitrogens with one attached hydrogen (secondary N) is 1. The summed E-state index contributed by atoms with van der Waals surface area (Å²) in [6, 6.07) is 12.3. The fourth-order valence-corrected chi connectivity index (χ4v) is 3.63. The molecule has 1 N–H and O–H groups in total. The Morgan fingerprint density at radius 2 is 1.92 bits per heavy atom. The highest BCUT2D eigenvalue weighted by Gasteiger charge is 2.25. The van der Waals surface area contributed by atoms with E-state index in [9.17, 15) is 10.1 Å². The minimum Gasteiger partial charge on any atom is -0.357 e. The summed E-state index contributed by atoms with van der Waals surface area (Å²) in [5.74, 6) is 0.824. The van der Waals surface area contributed by atoms with E-state index in [2.05, 4.69) is 20.9 Å². The Bertz CT molecular complexity index is 990. The van der Waals surface area contributed by atoms with Gasteiger partial charge >= 0.3 is 0 Å². The smallest absolute Gasteiger partial charge is 0.275 e. The Morgan fingerprint density at radius 3 is 2.64 bits per heavy atom. The van der Waals surface area contributed by atoms with Crippen molar-refractivity contribution in [3.05, 3.63) is 58.1 Å². The number of benzene rings is 1. The van der Waals surface area contributed by atoms with E-state index in [1.165, 1.54) is 12.7 Å². The third-order valence-corrected chi connectivity index (χ3v) is 4.77. The molecule has 0 aliphatic carbocycles. The average Bonchev–Trinajstić information content (AvgIpc) is 2.98. The number of aromatic nitrogens is 3. The third-order valence-electron chi connectivity index (χ3n) is 4.77. The van der Waals surface area contributed by atoms with Crippen molar-refractivity contribution in [2.45, 2.75) is 25.8 Å². The molecule has 0 atom stereocenters. The minimum atomic E-state index is -0.208. The summed E-state index contributed by atoms with van der Waals surface area (Å²) >= 11 is 0. The van der Waals surface area contributed by atoms with Gasteiger partial charge in [0, 0.05) is 19.6 Å². The van der Waals surface area contributed by atoms with Crippen molar-refractivity contribution >= 4 is 16.9 Å². The first-order chi connectivity index (χ1) is 12.3. The zero-order valence-electron chi connectivity index (χ0n) is 13.9. The average molecular weight is 333 g/mol. The van der Waals surface area contributed by atoms with Crippen LogP contribution in [0.1, 0.15) is 30.4 Å². The second kappa shape index (κ2) is 6.44. The van der Waals surface area contributed by atoms with Crippen LogP contribution in [0, 0.1) is 11.3 Å². The van der Waals surface area contributed by atoms with Gasteiger partial charge in [0.2, 0.25) is 0 Å². The van der Waals surface area contributed by atoms with Crippen molar-refractivity contribution in [2.75, 3.05) is 18.0 Å². The molecule has 0 saturated carbocycles. The molecule has 1 fully saturated rings. The van der Waals surface area contributed by atoms with Crippen molar-refractivity contribution in [1.29, 1.82) is 5.26 Å². The first-order valence-electron chi connectivity index (χ1n) is 8.58. The monoisotopic (exact) mass is 333 g/mol. The van der Waals surface area contributed by atoms with Crippen LogP contribution in [0.4, 0.5) is 5.82 Å². The highest BCUT2D eigenvalue weighted by atomic mass is 16.1. The van der Waals surface area contributed by atoms with Gasteiger partial charge in [0.25, 0.3) is 5.56 Å². The molecule has 1 aliphatic heterocycles. The summed E-state index contributed by atoms with van der Waals surface area (Å²) in [7, 11) is 0. The fraction of sp³-hybridized carbons (Fsp3) is 0.316. The van der Waals surface area contributed by atoms with Crippen LogP contribution in [-0.2, 0) is 6.54 Å². The lowest BCUT2D eigenvalue weighted by molar-refractivity contribution is 0.565. The van der Waals surface area contributed by atoms with Crippen LogP contribution < -0.4 is 10.5 Å². The van der Waals surface area contributed by atoms with Crippen LogP contribution in [0.15, 0.2) is 41.5 Å². The first-order valence-corrected chi connectivity index (χ1v) is 8.58. The maximum Gasteiger partial charge on any atom is 0.275 e. The molecule has 1 saturated heterocycles. The van der Waals surface area contributed by atoms with Crippen LogP contribution in [-0.4, -0.2) is 27.6 Å². The predicted octanol–water partition coefficient (Wildman–Crippen LogP) is 2.63. The number of hydrogen-bond acceptors (Lipinski definition) is 4. The van der Waals surface area contributed by atoms with Gasteiger partial charge in [-0.15, -0.1) is 0 Å². The van der Waals surface area contributed by atoms with Crippen molar-refractivity contribution in [3.8, 4) is 6.07 Å². The molecule has 0 unspecified atom stereocenters. The van der Waals surface area contributed by atoms with Gasteiger partial charge < -0.3 is 14.5 Å². The van der Waals surface area contributed by atoms with Gasteiger partial charge in [-0.1, -0.05) is 30.3 Å². The lowest BCUT2D eigenvalue weighted by atomic mass is 10.1. The lowest BCUT2D eigenvalue weighted by Gasteiger charge is -2.30. The van der Waals surface area contributed by atoms with E-state index in [4.69, 9.17) is 0 Å². The molecule has 4 rings (SSSR count). The van der Waals surface area contributed by atoms with E-state index < -0.39 is 0 Å². The van der Waals surface area contributed by atoms with Crippen molar-refractivity contribution in [3.63, 3.8) is 0 Å². The molecule has 6 heteroatoms. The normalized spacial score (nSPS) is 14.6. The van der Waals surface area contributed by atoms with Crippen molar-refractivity contribution in [1.82, 2.24) is 14.5 Å². The van der Waals surface area contributed by atoms with E-state index in [1.54, 1.807) is 0 Å². The number of piperidine rings is 1. The van der Waals surface area contributed by atoms with Gasteiger partial charge in [0.05, 0.1) is 6.33 Å². The first kappa shape index (κ1) is 15.5. The molecular formula is C19H19N5O. The number of hydrogen-bond donors (Lipinski definition) is 1. The van der Waals surface area contributed by atoms with Gasteiger partial charge in [0.1, 0.15) is 28.5 Å². The molecular weight excluding hydrogens is 314 g/mol. The van der Waals surface area contributed by atoms with E-state index in [1.807, 2.05) is 34.9 Å². The zero-order valence-corrected chi connectivity index (χ0v) is 13.9. The standard InChI is InChI=1S/C19H19N5O/c20-11-15-16-17(18(25)22-13-21-16)24(12-14-7-3-1-4-8-14)19(15)23-9-5-2-6-10-23/h1,3-4,7-8,13H,2,5-6,9-10,12H2,(H,21,22,25). The maximum absolute atomic E-state index is 12.5. The molecule has 126 valence electrons. The SMILES string of the molecule is N#Cc1c(N2CCCCC2)n(Cc2ccccc2)c2c(=O)[nH]cnc12. The van der Waals surface area contributed by atoms with Gasteiger partial charge in [-0.3, -0.25) is 4.79 Å². The van der Waals surface area contributed by atoms with Gasteiger partial charge in [-0.05, 0) is 24.8 Å². The Hall–Kier alpha value is -3.07. The van der Waals surface area contributed by atoms with Gasteiger partial charge in [0.15, 0.2) is 0 Å². The summed E-state index contributed by atoms with van der Waals surface area (Å²) in [5.41, 5.74) is 2.34. The Labute approximate surface area is 145 Å². The van der Waals surface area contributed by atoms with Crippen LogP contribution in [0.5, 0.6) is 0 Å². The van der Waals surface area contributed by atoms with Crippen LogP contribution >= 0.6 is 0 Å². The van der Waals surface area contributed by atoms with E-state index >= 15 is 0 Å². The highest BCUT2D eigenvalue weighted by Crippen LogP contribution is 2.32.